The number of nitrogens with two attached hydrogens (primary N) is 1. The van der Waals surface area contributed by atoms with Gasteiger partial charge in [-0.15, -0.1) is 0 Å². The van der Waals surface area contributed by atoms with Crippen LogP contribution in [0.1, 0.15) is 30.9 Å². The fourth-order valence-corrected chi connectivity index (χ4v) is 3.75. The van der Waals surface area contributed by atoms with Crippen LogP contribution in [-0.2, 0) is 36.8 Å². The van der Waals surface area contributed by atoms with Crippen LogP contribution in [0.5, 0.6) is 11.5 Å². The number of carboxylic acid groups (broad SMARTS) is 2. The van der Waals surface area contributed by atoms with E-state index in [0.717, 1.165) is 0 Å². The van der Waals surface area contributed by atoms with E-state index in [9.17, 15) is 44.4 Å². The Balaban J connectivity index is 2.24. The van der Waals surface area contributed by atoms with E-state index < -0.39 is 66.4 Å². The highest BCUT2D eigenvalue weighted by atomic mass is 16.4. The number of hydrogen-bond donors (Lipinski definition) is 9. The number of phenolic OH excluding ortho intramolecular Hbond substituents is 2. The van der Waals surface area contributed by atoms with Gasteiger partial charge < -0.3 is 47.2 Å². The number of carbonyl (C=O) groups excluding carboxylic acids is 3. The molecule has 0 bridgehead atoms. The molecule has 41 heavy (non-hydrogen) atoms. The van der Waals surface area contributed by atoms with E-state index in [1.807, 2.05) is 0 Å². The molecule has 0 heterocycles. The summed E-state index contributed by atoms with van der Waals surface area (Å²) in [6, 6.07) is 5.73. The van der Waals surface area contributed by atoms with Crippen LogP contribution in [0.2, 0.25) is 0 Å². The summed E-state index contributed by atoms with van der Waals surface area (Å²) in [5.41, 5.74) is 6.68. The second kappa shape index (κ2) is 15.2. The molecular weight excluding hydrogens is 540 g/mol. The van der Waals surface area contributed by atoms with Crippen molar-refractivity contribution in [2.24, 2.45) is 5.73 Å². The van der Waals surface area contributed by atoms with Crippen LogP contribution in [0.4, 0.5) is 0 Å². The summed E-state index contributed by atoms with van der Waals surface area (Å²) in [5, 5.41) is 54.8. The number of amides is 3. The lowest BCUT2D eigenvalue weighted by Crippen LogP contribution is -2.60. The summed E-state index contributed by atoms with van der Waals surface area (Å²) in [6.07, 6.45) is -2.36. The molecule has 0 spiro atoms. The molecule has 10 N–H and O–H groups in total. The van der Waals surface area contributed by atoms with E-state index in [0.29, 0.717) is 11.1 Å². The number of aliphatic hydroxyl groups is 1. The lowest BCUT2D eigenvalue weighted by Gasteiger charge is -2.26. The summed E-state index contributed by atoms with van der Waals surface area (Å²) >= 11 is 0. The fourth-order valence-electron chi connectivity index (χ4n) is 3.75. The van der Waals surface area contributed by atoms with E-state index in [2.05, 4.69) is 16.0 Å². The summed E-state index contributed by atoms with van der Waals surface area (Å²) in [7, 11) is 0. The lowest BCUT2D eigenvalue weighted by atomic mass is 10.0. The first-order chi connectivity index (χ1) is 19.3. The summed E-state index contributed by atoms with van der Waals surface area (Å²) < 4.78 is 0. The summed E-state index contributed by atoms with van der Waals surface area (Å²) in [4.78, 5) is 61.5. The van der Waals surface area contributed by atoms with E-state index in [4.69, 9.17) is 10.8 Å². The standard InChI is InChI=1S/C27H34N4O10/c1-14(32)23(31-24(37)19(28)10-11-22(35)36)26(39)29-20(12-15-2-6-17(33)7-3-15)25(38)30-21(27(40)41)13-16-4-8-18(34)9-5-16/h2-9,14,19-21,23,32-34H,10-13,28H2,1H3,(H,29,39)(H,30,38)(H,31,37)(H,35,36)(H,40,41). The number of aliphatic carboxylic acids is 2. The van der Waals surface area contributed by atoms with Crippen molar-refractivity contribution >= 4 is 29.7 Å². The normalized spacial score (nSPS) is 14.5. The molecule has 2 aromatic carbocycles. The highest BCUT2D eigenvalue weighted by molar-refractivity contribution is 5.94. The van der Waals surface area contributed by atoms with Crippen LogP contribution in [0, 0.1) is 0 Å². The van der Waals surface area contributed by atoms with Gasteiger partial charge in [0.25, 0.3) is 0 Å². The van der Waals surface area contributed by atoms with Gasteiger partial charge in [0, 0.05) is 19.3 Å². The van der Waals surface area contributed by atoms with Gasteiger partial charge in [0.2, 0.25) is 17.7 Å². The first-order valence-corrected chi connectivity index (χ1v) is 12.6. The Kier molecular flexibility index (Phi) is 12.0. The molecule has 14 heteroatoms. The zero-order valence-corrected chi connectivity index (χ0v) is 22.2. The molecule has 0 aliphatic rings. The van der Waals surface area contributed by atoms with Crippen LogP contribution in [0.25, 0.3) is 0 Å². The highest BCUT2D eigenvalue weighted by Crippen LogP contribution is 2.14. The van der Waals surface area contributed by atoms with Gasteiger partial charge in [-0.25, -0.2) is 4.79 Å². The highest BCUT2D eigenvalue weighted by Gasteiger charge is 2.32. The predicted molar refractivity (Wildman–Crippen MR) is 144 cm³/mol. The predicted octanol–water partition coefficient (Wildman–Crippen LogP) is -1.01. The van der Waals surface area contributed by atoms with Gasteiger partial charge in [0.1, 0.15) is 29.6 Å². The van der Waals surface area contributed by atoms with Crippen molar-refractivity contribution in [3.05, 3.63) is 59.7 Å². The van der Waals surface area contributed by atoms with Crippen molar-refractivity contribution in [2.45, 2.75) is 62.9 Å². The minimum atomic E-state index is -1.58. The monoisotopic (exact) mass is 574 g/mol. The van der Waals surface area contributed by atoms with Gasteiger partial charge in [0.05, 0.1) is 12.1 Å². The number of aliphatic hydroxyl groups excluding tert-OH is 1. The molecule has 5 unspecified atom stereocenters. The van der Waals surface area contributed by atoms with Crippen LogP contribution in [0.15, 0.2) is 48.5 Å². The third-order valence-electron chi connectivity index (χ3n) is 6.07. The van der Waals surface area contributed by atoms with Crippen molar-refractivity contribution in [3.8, 4) is 11.5 Å². The molecule has 0 aliphatic carbocycles. The van der Waals surface area contributed by atoms with Crippen LogP contribution in [0.3, 0.4) is 0 Å². The number of rotatable bonds is 15. The molecule has 0 aliphatic heterocycles. The number of carbonyl (C=O) groups is 5. The Morgan fingerprint density at radius 2 is 1.20 bits per heavy atom. The van der Waals surface area contributed by atoms with Crippen LogP contribution < -0.4 is 21.7 Å². The number of hydrogen-bond acceptors (Lipinski definition) is 9. The molecule has 3 amide bonds. The quantitative estimate of drug-likeness (QED) is 0.125. The van der Waals surface area contributed by atoms with Gasteiger partial charge in [-0.2, -0.15) is 0 Å². The first-order valence-electron chi connectivity index (χ1n) is 12.6. The van der Waals surface area contributed by atoms with Crippen molar-refractivity contribution in [1.82, 2.24) is 16.0 Å². The Hall–Kier alpha value is -4.69. The molecule has 2 rings (SSSR count). The van der Waals surface area contributed by atoms with E-state index in [1.54, 1.807) is 0 Å². The van der Waals surface area contributed by atoms with Gasteiger partial charge in [-0.3, -0.25) is 19.2 Å². The second-order valence-corrected chi connectivity index (χ2v) is 9.47. The Labute approximate surface area is 235 Å². The van der Waals surface area contributed by atoms with Crippen LogP contribution in [-0.4, -0.2) is 85.5 Å². The topological polar surface area (TPSA) is 249 Å². The molecule has 0 fully saturated rings. The molecule has 0 saturated heterocycles. The van der Waals surface area contributed by atoms with E-state index >= 15 is 0 Å². The second-order valence-electron chi connectivity index (χ2n) is 9.47. The van der Waals surface area contributed by atoms with Gasteiger partial charge in [0.15, 0.2) is 0 Å². The van der Waals surface area contributed by atoms with Gasteiger partial charge in [-0.1, -0.05) is 24.3 Å². The number of carboxylic acids is 2. The summed E-state index contributed by atoms with van der Waals surface area (Å²) in [5.74, 6) is -5.36. The molecule has 0 saturated carbocycles. The van der Waals surface area contributed by atoms with E-state index in [-0.39, 0.29) is 30.8 Å². The van der Waals surface area contributed by atoms with E-state index in [1.165, 1.54) is 55.5 Å². The third kappa shape index (κ3) is 10.8. The SMILES string of the molecule is CC(O)C(NC(=O)C(N)CCC(=O)O)C(=O)NC(Cc1ccc(O)cc1)C(=O)NC(Cc1ccc(O)cc1)C(=O)O. The maximum absolute atomic E-state index is 13.3. The van der Waals surface area contributed by atoms with Crippen molar-refractivity contribution in [2.75, 3.05) is 0 Å². The number of benzene rings is 2. The van der Waals surface area contributed by atoms with Gasteiger partial charge in [-0.05, 0) is 48.7 Å². The summed E-state index contributed by atoms with van der Waals surface area (Å²) in [6.45, 7) is 1.21. The number of aromatic hydroxyl groups is 2. The van der Waals surface area contributed by atoms with Crippen molar-refractivity contribution in [1.29, 1.82) is 0 Å². The van der Waals surface area contributed by atoms with Crippen molar-refractivity contribution < 1.29 is 49.5 Å². The lowest BCUT2D eigenvalue weighted by molar-refractivity contribution is -0.142. The number of phenols is 2. The van der Waals surface area contributed by atoms with Gasteiger partial charge >= 0.3 is 11.9 Å². The zero-order valence-electron chi connectivity index (χ0n) is 22.2. The largest absolute Gasteiger partial charge is 0.508 e. The smallest absolute Gasteiger partial charge is 0.326 e. The third-order valence-corrected chi connectivity index (χ3v) is 6.07. The fraction of sp³-hybridized carbons (Fsp3) is 0.370. The number of nitrogens with one attached hydrogen (secondary N) is 3. The Morgan fingerprint density at radius 3 is 1.63 bits per heavy atom. The average molecular weight is 575 g/mol. The molecule has 5 atom stereocenters. The zero-order chi connectivity index (χ0) is 30.7. The molecule has 0 aromatic heterocycles. The molecular formula is C27H34N4O10. The molecule has 0 radical (unpaired) electrons. The maximum Gasteiger partial charge on any atom is 0.326 e. The molecule has 222 valence electrons. The van der Waals surface area contributed by atoms with Crippen LogP contribution >= 0.6 is 0 Å². The Bertz CT molecular complexity index is 1220. The molecule has 14 nitrogen and oxygen atoms in total. The Morgan fingerprint density at radius 1 is 0.732 bits per heavy atom. The minimum Gasteiger partial charge on any atom is -0.508 e. The minimum absolute atomic E-state index is 0.0241. The average Bonchev–Trinajstić information content (AvgIpc) is 2.91. The van der Waals surface area contributed by atoms with Crippen molar-refractivity contribution in [3.63, 3.8) is 0 Å². The maximum atomic E-state index is 13.3. The first kappa shape index (κ1) is 32.5. The molecule has 2 aromatic rings.